The first-order valence-corrected chi connectivity index (χ1v) is 7.51. The Labute approximate surface area is 125 Å². The molecule has 0 aromatic heterocycles. The third-order valence-corrected chi connectivity index (χ3v) is 5.64. The molecule has 106 valence electrons. The van der Waals surface area contributed by atoms with E-state index in [1.54, 1.807) is 12.1 Å². The van der Waals surface area contributed by atoms with Crippen molar-refractivity contribution in [2.24, 2.45) is 16.7 Å². The van der Waals surface area contributed by atoms with Crippen LogP contribution in [-0.2, 0) is 4.79 Å². The smallest absolute Gasteiger partial charge is 0.234 e. The van der Waals surface area contributed by atoms with Crippen LogP contribution in [0.15, 0.2) is 36.4 Å². The number of anilines is 1. The van der Waals surface area contributed by atoms with E-state index in [9.17, 15) is 4.79 Å². The normalized spacial score (nSPS) is 30.6. The molecule has 20 heavy (non-hydrogen) atoms. The number of rotatable bonds is 2. The molecule has 0 heterocycles. The zero-order chi connectivity index (χ0) is 14.5. The molecule has 3 heteroatoms. The molecule has 2 saturated carbocycles. The Kier molecular flexibility index (Phi) is 2.98. The van der Waals surface area contributed by atoms with Crippen LogP contribution in [0.1, 0.15) is 33.1 Å². The first-order valence-electron chi connectivity index (χ1n) is 7.13. The number of benzene rings is 1. The quantitative estimate of drug-likeness (QED) is 0.788. The molecule has 1 aromatic carbocycles. The first kappa shape index (κ1) is 13.7. The highest BCUT2D eigenvalue weighted by molar-refractivity contribution is 6.30. The Morgan fingerprint density at radius 3 is 2.80 bits per heavy atom. The van der Waals surface area contributed by atoms with Crippen LogP contribution in [0.25, 0.3) is 0 Å². The van der Waals surface area contributed by atoms with Crippen molar-refractivity contribution in [2.45, 2.75) is 33.1 Å². The van der Waals surface area contributed by atoms with Gasteiger partial charge in [0.05, 0.1) is 5.41 Å². The molecule has 2 aliphatic carbocycles. The summed E-state index contributed by atoms with van der Waals surface area (Å²) in [6.45, 7) is 8.69. The standard InChI is InChI=1S/C17H20ClNO/c1-11-16(2,3)12-7-8-17(11,10-12)15(20)19-14-6-4-5-13(18)9-14/h4-6,9,12H,1,7-8,10H2,2-3H3,(H,19,20)/t12-,17-/m1/s1. The van der Waals surface area contributed by atoms with Crippen molar-refractivity contribution >= 4 is 23.2 Å². The predicted molar refractivity (Wildman–Crippen MR) is 82.8 cm³/mol. The third-order valence-electron chi connectivity index (χ3n) is 5.41. The average Bonchev–Trinajstić information content (AvgIpc) is 2.90. The van der Waals surface area contributed by atoms with Crippen LogP contribution in [0.4, 0.5) is 5.69 Å². The van der Waals surface area contributed by atoms with Gasteiger partial charge in [-0.3, -0.25) is 4.79 Å². The van der Waals surface area contributed by atoms with Crippen LogP contribution in [0.3, 0.4) is 0 Å². The summed E-state index contributed by atoms with van der Waals surface area (Å²) >= 11 is 5.97. The van der Waals surface area contributed by atoms with Gasteiger partial charge in [0, 0.05) is 10.7 Å². The molecule has 2 fully saturated rings. The average molecular weight is 290 g/mol. The Balaban J connectivity index is 1.86. The summed E-state index contributed by atoms with van der Waals surface area (Å²) in [6, 6.07) is 7.31. The van der Waals surface area contributed by atoms with E-state index in [0.717, 1.165) is 30.5 Å². The van der Waals surface area contributed by atoms with Crippen LogP contribution in [0.2, 0.25) is 5.02 Å². The van der Waals surface area contributed by atoms with Crippen LogP contribution < -0.4 is 5.32 Å². The molecule has 0 saturated heterocycles. The lowest BCUT2D eigenvalue weighted by Gasteiger charge is -2.37. The van der Waals surface area contributed by atoms with Gasteiger partial charge in [0.2, 0.25) is 5.91 Å². The molecule has 0 spiro atoms. The van der Waals surface area contributed by atoms with Gasteiger partial charge in [-0.2, -0.15) is 0 Å². The summed E-state index contributed by atoms with van der Waals surface area (Å²) in [5.74, 6) is 0.665. The molecule has 0 unspecified atom stereocenters. The maximum Gasteiger partial charge on any atom is 0.234 e. The lowest BCUT2D eigenvalue weighted by Crippen LogP contribution is -2.37. The van der Waals surface area contributed by atoms with E-state index < -0.39 is 0 Å². The van der Waals surface area contributed by atoms with Gasteiger partial charge in [-0.15, -0.1) is 0 Å². The molecule has 1 N–H and O–H groups in total. The molecule has 0 radical (unpaired) electrons. The van der Waals surface area contributed by atoms with E-state index in [0.29, 0.717) is 10.9 Å². The van der Waals surface area contributed by atoms with Crippen molar-refractivity contribution in [3.8, 4) is 0 Å². The highest BCUT2D eigenvalue weighted by atomic mass is 35.5. The summed E-state index contributed by atoms with van der Waals surface area (Å²) in [6.07, 6.45) is 2.98. The van der Waals surface area contributed by atoms with Crippen LogP contribution in [0, 0.1) is 16.7 Å². The number of hydrogen-bond acceptors (Lipinski definition) is 1. The summed E-state index contributed by atoms with van der Waals surface area (Å²) in [5, 5.41) is 3.66. The fourth-order valence-corrected chi connectivity index (χ4v) is 4.15. The van der Waals surface area contributed by atoms with Crippen molar-refractivity contribution in [2.75, 3.05) is 5.32 Å². The zero-order valence-corrected chi connectivity index (χ0v) is 12.8. The summed E-state index contributed by atoms with van der Waals surface area (Å²) < 4.78 is 0. The number of carbonyl (C=O) groups is 1. The largest absolute Gasteiger partial charge is 0.325 e. The highest BCUT2D eigenvalue weighted by Crippen LogP contribution is 2.65. The molecule has 1 amide bonds. The molecule has 2 bridgehead atoms. The lowest BCUT2D eigenvalue weighted by molar-refractivity contribution is -0.123. The topological polar surface area (TPSA) is 29.1 Å². The minimum Gasteiger partial charge on any atom is -0.325 e. The Bertz CT molecular complexity index is 592. The maximum absolute atomic E-state index is 12.8. The summed E-state index contributed by atoms with van der Waals surface area (Å²) in [5.41, 5.74) is 1.55. The molecule has 2 aliphatic rings. The van der Waals surface area contributed by atoms with E-state index in [-0.39, 0.29) is 16.7 Å². The van der Waals surface area contributed by atoms with Gasteiger partial charge >= 0.3 is 0 Å². The number of amides is 1. The van der Waals surface area contributed by atoms with Gasteiger partial charge in [-0.25, -0.2) is 0 Å². The zero-order valence-electron chi connectivity index (χ0n) is 12.0. The number of hydrogen-bond donors (Lipinski definition) is 1. The van der Waals surface area contributed by atoms with Crippen molar-refractivity contribution < 1.29 is 4.79 Å². The van der Waals surface area contributed by atoms with Crippen LogP contribution in [0.5, 0.6) is 0 Å². The second-order valence-electron chi connectivity index (χ2n) is 6.69. The minimum absolute atomic E-state index is 0.0733. The van der Waals surface area contributed by atoms with Crippen molar-refractivity contribution in [1.29, 1.82) is 0 Å². The summed E-state index contributed by atoms with van der Waals surface area (Å²) in [7, 11) is 0. The Hall–Kier alpha value is -1.28. The number of fused-ring (bicyclic) bond motifs is 2. The molecular formula is C17H20ClNO. The number of nitrogens with one attached hydrogen (secondary N) is 1. The van der Waals surface area contributed by atoms with Gasteiger partial charge in [-0.05, 0) is 48.8 Å². The van der Waals surface area contributed by atoms with Crippen molar-refractivity contribution in [3.63, 3.8) is 0 Å². The highest BCUT2D eigenvalue weighted by Gasteiger charge is 2.60. The number of halogens is 1. The van der Waals surface area contributed by atoms with Gasteiger partial charge in [0.25, 0.3) is 0 Å². The molecular weight excluding hydrogens is 270 g/mol. The molecule has 3 rings (SSSR count). The van der Waals surface area contributed by atoms with E-state index in [4.69, 9.17) is 11.6 Å². The van der Waals surface area contributed by atoms with Gasteiger partial charge in [-0.1, -0.05) is 43.7 Å². The first-order chi connectivity index (χ1) is 9.36. The molecule has 2 atom stereocenters. The summed E-state index contributed by atoms with van der Waals surface area (Å²) in [4.78, 5) is 12.8. The van der Waals surface area contributed by atoms with Gasteiger partial charge in [0.1, 0.15) is 0 Å². The third kappa shape index (κ3) is 1.81. The lowest BCUT2D eigenvalue weighted by atomic mass is 9.68. The Morgan fingerprint density at radius 2 is 2.20 bits per heavy atom. The van der Waals surface area contributed by atoms with E-state index >= 15 is 0 Å². The molecule has 2 nitrogen and oxygen atoms in total. The fourth-order valence-electron chi connectivity index (χ4n) is 3.96. The maximum atomic E-state index is 12.8. The SMILES string of the molecule is C=C1C(C)(C)[C@@H]2CC[C@@]1(C(=O)Nc1cccc(Cl)c1)C2. The van der Waals surface area contributed by atoms with Gasteiger partial charge < -0.3 is 5.32 Å². The monoisotopic (exact) mass is 289 g/mol. The number of carbonyl (C=O) groups excluding carboxylic acids is 1. The van der Waals surface area contributed by atoms with Crippen LogP contribution in [-0.4, -0.2) is 5.91 Å². The van der Waals surface area contributed by atoms with E-state index in [2.05, 4.69) is 25.7 Å². The second kappa shape index (κ2) is 4.36. The van der Waals surface area contributed by atoms with Crippen molar-refractivity contribution in [3.05, 3.63) is 41.4 Å². The van der Waals surface area contributed by atoms with Crippen LogP contribution >= 0.6 is 11.6 Å². The molecule has 0 aliphatic heterocycles. The minimum atomic E-state index is -0.378. The second-order valence-corrected chi connectivity index (χ2v) is 7.12. The fraction of sp³-hybridized carbons (Fsp3) is 0.471. The Morgan fingerprint density at radius 1 is 1.45 bits per heavy atom. The molecule has 1 aromatic rings. The van der Waals surface area contributed by atoms with E-state index in [1.807, 2.05) is 12.1 Å². The van der Waals surface area contributed by atoms with E-state index in [1.165, 1.54) is 0 Å². The van der Waals surface area contributed by atoms with Gasteiger partial charge in [0.15, 0.2) is 0 Å². The van der Waals surface area contributed by atoms with Crippen molar-refractivity contribution in [1.82, 2.24) is 0 Å². The predicted octanol–water partition coefficient (Wildman–Crippen LogP) is 4.66.